The van der Waals surface area contributed by atoms with E-state index in [-0.39, 0.29) is 16.5 Å². The minimum absolute atomic E-state index is 0.136. The van der Waals surface area contributed by atoms with E-state index in [0.717, 1.165) is 18.4 Å². The fraction of sp³-hybridized carbons (Fsp3) is 0.312. The number of benzene rings is 1. The molecule has 2 unspecified atom stereocenters. The maximum Gasteiger partial charge on any atom is 0.269 e. The highest BCUT2D eigenvalue weighted by molar-refractivity contribution is 5.95. The molecule has 4 nitrogen and oxygen atoms in total. The number of nitrogens with one attached hydrogen (secondary N) is 1. The number of hydrogen-bond acceptors (Lipinski definition) is 3. The summed E-state index contributed by atoms with van der Waals surface area (Å²) in [5, 5.41) is 18.9. The largest absolute Gasteiger partial charge is 0.305 e. The quantitative estimate of drug-likeness (QED) is 0.650. The highest BCUT2D eigenvalue weighted by Crippen LogP contribution is 2.42. The van der Waals surface area contributed by atoms with Crippen LogP contribution in [-0.2, 0) is 0 Å². The van der Waals surface area contributed by atoms with Gasteiger partial charge in [-0.05, 0) is 48.3 Å². The van der Waals surface area contributed by atoms with E-state index in [1.165, 1.54) is 11.6 Å². The molecule has 0 heterocycles. The second kappa shape index (κ2) is 5.04. The van der Waals surface area contributed by atoms with Crippen molar-refractivity contribution in [3.63, 3.8) is 0 Å². The number of nitrogens with zero attached hydrogens (tertiary/aromatic N) is 1. The average Bonchev–Trinajstić information content (AvgIpc) is 2.46. The Bertz CT molecular complexity index is 631. The first-order chi connectivity index (χ1) is 9.65. The number of nitro benzene ring substituents is 1. The standard InChI is InChI=1S/C16H16N2O2/c17-13-8-11-4-1-2-7-15(11)16(10-13)12-5-3-6-14(9-12)18(19)20/h1,3-6,8-9,15-17H,2,7,10H2. The Balaban J connectivity index is 1.99. The highest BCUT2D eigenvalue weighted by Gasteiger charge is 2.31. The molecule has 102 valence electrons. The van der Waals surface area contributed by atoms with Crippen LogP contribution >= 0.6 is 0 Å². The van der Waals surface area contributed by atoms with Crippen molar-refractivity contribution >= 4 is 11.4 Å². The number of allylic oxidation sites excluding steroid dienone is 4. The van der Waals surface area contributed by atoms with E-state index >= 15 is 0 Å². The summed E-state index contributed by atoms with van der Waals surface area (Å²) in [5.74, 6) is 0.573. The van der Waals surface area contributed by atoms with Gasteiger partial charge in [0.05, 0.1) is 4.92 Å². The van der Waals surface area contributed by atoms with Gasteiger partial charge in [0, 0.05) is 17.8 Å². The van der Waals surface area contributed by atoms with Crippen molar-refractivity contribution in [3.05, 3.63) is 63.7 Å². The number of hydrogen-bond donors (Lipinski definition) is 1. The van der Waals surface area contributed by atoms with Crippen molar-refractivity contribution in [1.82, 2.24) is 0 Å². The number of fused-ring (bicyclic) bond motifs is 1. The zero-order chi connectivity index (χ0) is 14.1. The summed E-state index contributed by atoms with van der Waals surface area (Å²) >= 11 is 0. The van der Waals surface area contributed by atoms with Gasteiger partial charge in [0.1, 0.15) is 0 Å². The van der Waals surface area contributed by atoms with E-state index in [1.54, 1.807) is 12.1 Å². The molecule has 0 amide bonds. The molecule has 1 aromatic carbocycles. The van der Waals surface area contributed by atoms with Crippen molar-refractivity contribution in [2.24, 2.45) is 5.92 Å². The molecule has 4 heteroatoms. The second-order valence-electron chi connectivity index (χ2n) is 5.42. The molecule has 0 fully saturated rings. The van der Waals surface area contributed by atoms with Crippen molar-refractivity contribution in [3.8, 4) is 0 Å². The molecule has 20 heavy (non-hydrogen) atoms. The van der Waals surface area contributed by atoms with Gasteiger partial charge in [0.15, 0.2) is 0 Å². The Morgan fingerprint density at radius 1 is 1.30 bits per heavy atom. The van der Waals surface area contributed by atoms with Gasteiger partial charge in [-0.1, -0.05) is 24.3 Å². The lowest BCUT2D eigenvalue weighted by Crippen LogP contribution is -2.24. The van der Waals surface area contributed by atoms with Crippen LogP contribution in [0.5, 0.6) is 0 Å². The fourth-order valence-electron chi connectivity index (χ4n) is 3.23. The van der Waals surface area contributed by atoms with Crippen LogP contribution in [0.3, 0.4) is 0 Å². The monoisotopic (exact) mass is 268 g/mol. The van der Waals surface area contributed by atoms with Gasteiger partial charge in [-0.15, -0.1) is 0 Å². The molecule has 0 bridgehead atoms. The Morgan fingerprint density at radius 2 is 2.15 bits per heavy atom. The van der Waals surface area contributed by atoms with Crippen LogP contribution in [0, 0.1) is 21.4 Å². The zero-order valence-corrected chi connectivity index (χ0v) is 11.1. The minimum Gasteiger partial charge on any atom is -0.305 e. The maximum absolute atomic E-state index is 10.9. The van der Waals surface area contributed by atoms with Gasteiger partial charge in [-0.2, -0.15) is 0 Å². The predicted molar refractivity (Wildman–Crippen MR) is 78.1 cm³/mol. The third-order valence-electron chi connectivity index (χ3n) is 4.16. The molecular weight excluding hydrogens is 252 g/mol. The Hall–Kier alpha value is -2.23. The van der Waals surface area contributed by atoms with Crippen LogP contribution in [0.15, 0.2) is 48.1 Å². The summed E-state index contributed by atoms with van der Waals surface area (Å²) in [7, 11) is 0. The molecule has 2 aliphatic rings. The van der Waals surface area contributed by atoms with E-state index in [0.29, 0.717) is 18.1 Å². The third-order valence-corrected chi connectivity index (χ3v) is 4.16. The highest BCUT2D eigenvalue weighted by atomic mass is 16.6. The van der Waals surface area contributed by atoms with Crippen molar-refractivity contribution in [2.45, 2.75) is 25.2 Å². The molecular formula is C16H16N2O2. The van der Waals surface area contributed by atoms with E-state index in [1.807, 2.05) is 12.1 Å². The van der Waals surface area contributed by atoms with Crippen molar-refractivity contribution < 1.29 is 4.92 Å². The molecule has 0 aliphatic heterocycles. The van der Waals surface area contributed by atoms with Crippen LogP contribution in [-0.4, -0.2) is 10.6 Å². The zero-order valence-electron chi connectivity index (χ0n) is 11.1. The first-order valence-electron chi connectivity index (χ1n) is 6.85. The van der Waals surface area contributed by atoms with E-state index in [9.17, 15) is 10.1 Å². The fourth-order valence-corrected chi connectivity index (χ4v) is 3.23. The van der Waals surface area contributed by atoms with Gasteiger partial charge in [0.2, 0.25) is 0 Å². The second-order valence-corrected chi connectivity index (χ2v) is 5.42. The Kier molecular flexibility index (Phi) is 3.22. The van der Waals surface area contributed by atoms with Crippen molar-refractivity contribution in [1.29, 1.82) is 5.41 Å². The Labute approximate surface area is 117 Å². The molecule has 3 rings (SSSR count). The smallest absolute Gasteiger partial charge is 0.269 e. The SMILES string of the molecule is N=C1C=C2C=CCCC2C(c2cccc([N+](=O)[O-])c2)C1. The molecule has 0 radical (unpaired) electrons. The average molecular weight is 268 g/mol. The molecule has 1 N–H and O–H groups in total. The predicted octanol–water partition coefficient (Wildman–Crippen LogP) is 3.99. The van der Waals surface area contributed by atoms with Gasteiger partial charge >= 0.3 is 0 Å². The van der Waals surface area contributed by atoms with E-state index in [2.05, 4.69) is 12.2 Å². The molecule has 2 atom stereocenters. The molecule has 1 aromatic rings. The normalized spacial score (nSPS) is 25.0. The van der Waals surface area contributed by atoms with Crippen LogP contribution in [0.1, 0.15) is 30.7 Å². The first-order valence-corrected chi connectivity index (χ1v) is 6.85. The minimum atomic E-state index is -0.352. The van der Waals surface area contributed by atoms with Gasteiger partial charge in [-0.25, -0.2) is 0 Å². The lowest BCUT2D eigenvalue weighted by Gasteiger charge is -2.34. The lowest BCUT2D eigenvalue weighted by molar-refractivity contribution is -0.384. The van der Waals surface area contributed by atoms with E-state index in [4.69, 9.17) is 5.41 Å². The Morgan fingerprint density at radius 3 is 2.95 bits per heavy atom. The molecule has 0 saturated carbocycles. The number of rotatable bonds is 2. The summed E-state index contributed by atoms with van der Waals surface area (Å²) < 4.78 is 0. The number of non-ortho nitro benzene ring substituents is 1. The molecule has 2 aliphatic carbocycles. The summed E-state index contributed by atoms with van der Waals surface area (Å²) in [6.07, 6.45) is 8.97. The summed E-state index contributed by atoms with van der Waals surface area (Å²) in [4.78, 5) is 10.6. The summed E-state index contributed by atoms with van der Waals surface area (Å²) in [5.41, 5.74) is 2.93. The van der Waals surface area contributed by atoms with E-state index < -0.39 is 0 Å². The topological polar surface area (TPSA) is 67.0 Å². The van der Waals surface area contributed by atoms with Crippen LogP contribution < -0.4 is 0 Å². The molecule has 0 aromatic heterocycles. The van der Waals surface area contributed by atoms with Crippen LogP contribution in [0.2, 0.25) is 0 Å². The number of nitro groups is 1. The third kappa shape index (κ3) is 2.29. The van der Waals surface area contributed by atoms with Crippen LogP contribution in [0.25, 0.3) is 0 Å². The summed E-state index contributed by atoms with van der Waals surface area (Å²) in [6.45, 7) is 0. The van der Waals surface area contributed by atoms with Gasteiger partial charge in [-0.3, -0.25) is 10.1 Å². The maximum atomic E-state index is 10.9. The van der Waals surface area contributed by atoms with Gasteiger partial charge < -0.3 is 5.41 Å². The molecule has 0 spiro atoms. The lowest BCUT2D eigenvalue weighted by atomic mass is 9.70. The molecule has 0 saturated heterocycles. The summed E-state index contributed by atoms with van der Waals surface area (Å²) in [6, 6.07) is 6.88. The van der Waals surface area contributed by atoms with Gasteiger partial charge in [0.25, 0.3) is 5.69 Å². The van der Waals surface area contributed by atoms with Crippen LogP contribution in [0.4, 0.5) is 5.69 Å². The van der Waals surface area contributed by atoms with Crippen molar-refractivity contribution in [2.75, 3.05) is 0 Å². The first kappa shape index (κ1) is 12.8.